The average molecular weight is 432 g/mol. The summed E-state index contributed by atoms with van der Waals surface area (Å²) in [5.41, 5.74) is 1.98. The number of nitrogens with zero attached hydrogens (tertiary/aromatic N) is 1. The minimum Gasteiger partial charge on any atom is -0.294 e. The van der Waals surface area contributed by atoms with Crippen LogP contribution in [0.5, 0.6) is 0 Å². The summed E-state index contributed by atoms with van der Waals surface area (Å²) in [6, 6.07) is 10.2. The van der Waals surface area contributed by atoms with Crippen LogP contribution in [0.3, 0.4) is 0 Å². The molecule has 27 heavy (non-hydrogen) atoms. The lowest BCUT2D eigenvalue weighted by Gasteiger charge is -2.38. The number of anilines is 1. The topological polar surface area (TPSA) is 37.4 Å². The van der Waals surface area contributed by atoms with Crippen LogP contribution in [0, 0.1) is 11.6 Å². The van der Waals surface area contributed by atoms with Crippen molar-refractivity contribution in [1.29, 1.82) is 0 Å². The molecular weight excluding hydrogens is 416 g/mol. The molecule has 0 fully saturated rings. The molecular formula is C21H16BrF2NO2. The maximum atomic E-state index is 14.5. The van der Waals surface area contributed by atoms with Gasteiger partial charge in [0, 0.05) is 40.2 Å². The van der Waals surface area contributed by atoms with Crippen molar-refractivity contribution in [3.8, 4) is 0 Å². The normalized spacial score (nSPS) is 20.1. The van der Waals surface area contributed by atoms with Crippen molar-refractivity contribution in [1.82, 2.24) is 0 Å². The lowest BCUT2D eigenvalue weighted by Crippen LogP contribution is -2.40. The Morgan fingerprint density at radius 1 is 1.00 bits per heavy atom. The molecule has 1 amide bonds. The highest BCUT2D eigenvalue weighted by atomic mass is 79.9. The summed E-state index contributed by atoms with van der Waals surface area (Å²) in [5.74, 6) is -1.71. The fraction of sp³-hybridized carbons (Fsp3) is 0.238. The van der Waals surface area contributed by atoms with E-state index in [-0.39, 0.29) is 18.1 Å². The summed E-state index contributed by atoms with van der Waals surface area (Å²) >= 11 is 3.34. The summed E-state index contributed by atoms with van der Waals surface area (Å²) in [7, 11) is 0. The van der Waals surface area contributed by atoms with Gasteiger partial charge in [0.15, 0.2) is 5.78 Å². The Morgan fingerprint density at radius 3 is 2.48 bits per heavy atom. The van der Waals surface area contributed by atoms with Crippen LogP contribution >= 0.6 is 15.9 Å². The zero-order valence-electron chi connectivity index (χ0n) is 14.3. The molecule has 1 aliphatic heterocycles. The number of hydrogen-bond donors (Lipinski definition) is 0. The second-order valence-corrected chi connectivity index (χ2v) is 7.68. The molecule has 1 atom stereocenters. The number of carbonyl (C=O) groups is 2. The largest absolute Gasteiger partial charge is 0.294 e. The van der Waals surface area contributed by atoms with Crippen LogP contribution in [0.2, 0.25) is 0 Å². The molecule has 0 N–H and O–H groups in total. The van der Waals surface area contributed by atoms with Crippen LogP contribution in [0.15, 0.2) is 58.2 Å². The predicted molar refractivity (Wildman–Crippen MR) is 101 cm³/mol. The Morgan fingerprint density at radius 2 is 1.74 bits per heavy atom. The smallest absolute Gasteiger partial charge is 0.232 e. The minimum atomic E-state index is -0.602. The third-order valence-electron chi connectivity index (χ3n) is 5.09. The summed E-state index contributed by atoms with van der Waals surface area (Å²) in [4.78, 5) is 27.2. The van der Waals surface area contributed by atoms with Gasteiger partial charge in [-0.1, -0.05) is 15.9 Å². The number of hydrogen-bond acceptors (Lipinski definition) is 2. The van der Waals surface area contributed by atoms with Crippen molar-refractivity contribution < 1.29 is 18.4 Å². The number of allylic oxidation sites excluding steroid dienone is 2. The molecule has 0 saturated heterocycles. The molecule has 0 aromatic heterocycles. The van der Waals surface area contributed by atoms with Gasteiger partial charge < -0.3 is 0 Å². The zero-order valence-corrected chi connectivity index (χ0v) is 15.9. The van der Waals surface area contributed by atoms with Crippen LogP contribution in [-0.4, -0.2) is 11.7 Å². The van der Waals surface area contributed by atoms with Gasteiger partial charge in [-0.25, -0.2) is 8.78 Å². The van der Waals surface area contributed by atoms with Gasteiger partial charge in [0.2, 0.25) is 5.91 Å². The van der Waals surface area contributed by atoms with E-state index in [2.05, 4.69) is 15.9 Å². The molecule has 1 aliphatic carbocycles. The van der Waals surface area contributed by atoms with Crippen LogP contribution in [-0.2, 0) is 9.59 Å². The second kappa shape index (κ2) is 7.00. The lowest BCUT2D eigenvalue weighted by molar-refractivity contribution is -0.119. The molecule has 138 valence electrons. The number of halogens is 3. The number of carbonyl (C=O) groups excluding carboxylic acids is 2. The van der Waals surface area contributed by atoms with Crippen molar-refractivity contribution in [3.63, 3.8) is 0 Å². The van der Waals surface area contributed by atoms with Gasteiger partial charge in [0.25, 0.3) is 0 Å². The van der Waals surface area contributed by atoms with Crippen LogP contribution < -0.4 is 4.90 Å². The number of benzene rings is 2. The van der Waals surface area contributed by atoms with Crippen molar-refractivity contribution in [2.75, 3.05) is 4.90 Å². The molecule has 4 rings (SSSR count). The predicted octanol–water partition coefficient (Wildman–Crippen LogP) is 5.25. The number of amides is 1. The third-order valence-corrected chi connectivity index (χ3v) is 5.59. The van der Waals surface area contributed by atoms with E-state index in [0.717, 1.165) is 0 Å². The first kappa shape index (κ1) is 18.0. The molecule has 6 heteroatoms. The van der Waals surface area contributed by atoms with E-state index in [1.54, 1.807) is 12.1 Å². The highest BCUT2D eigenvalue weighted by Crippen LogP contribution is 2.44. The van der Waals surface area contributed by atoms with Crippen LogP contribution in [0.4, 0.5) is 14.5 Å². The third kappa shape index (κ3) is 3.23. The highest BCUT2D eigenvalue weighted by Gasteiger charge is 2.40. The fourth-order valence-electron chi connectivity index (χ4n) is 3.93. The van der Waals surface area contributed by atoms with Crippen molar-refractivity contribution in [3.05, 3.63) is 75.4 Å². The Bertz CT molecular complexity index is 969. The molecule has 2 aliphatic rings. The van der Waals surface area contributed by atoms with E-state index in [0.29, 0.717) is 46.3 Å². The number of Topliss-reactive ketones (excluding diaryl/α,β-unsaturated/α-hetero) is 1. The molecule has 3 nitrogen and oxygen atoms in total. The summed E-state index contributed by atoms with van der Waals surface area (Å²) in [6.07, 6.45) is 1.57. The fourth-order valence-corrected chi connectivity index (χ4v) is 4.31. The standard InChI is InChI=1S/C21H16BrF2NO2/c22-12-4-9-17(24)15(10-12)16-11-20(27)25(14-7-5-13(23)6-8-14)18-2-1-3-19(26)21(16)18/h4-10,16H,1-3,11H2. The maximum Gasteiger partial charge on any atom is 0.232 e. The number of ketones is 1. The molecule has 2 aromatic carbocycles. The van der Waals surface area contributed by atoms with E-state index < -0.39 is 17.6 Å². The summed E-state index contributed by atoms with van der Waals surface area (Å²) in [5, 5.41) is 0. The summed E-state index contributed by atoms with van der Waals surface area (Å²) in [6.45, 7) is 0. The average Bonchev–Trinajstić information content (AvgIpc) is 2.64. The molecule has 0 radical (unpaired) electrons. The Labute approximate surface area is 163 Å². The van der Waals surface area contributed by atoms with E-state index in [4.69, 9.17) is 0 Å². The van der Waals surface area contributed by atoms with E-state index in [1.807, 2.05) is 0 Å². The van der Waals surface area contributed by atoms with Gasteiger partial charge in [-0.2, -0.15) is 0 Å². The highest BCUT2D eigenvalue weighted by molar-refractivity contribution is 9.10. The first-order valence-corrected chi connectivity index (χ1v) is 9.54. The molecule has 0 saturated carbocycles. The van der Waals surface area contributed by atoms with Crippen LogP contribution in [0.25, 0.3) is 0 Å². The van der Waals surface area contributed by atoms with E-state index in [9.17, 15) is 18.4 Å². The molecule has 1 heterocycles. The quantitative estimate of drug-likeness (QED) is 0.650. The van der Waals surface area contributed by atoms with Crippen molar-refractivity contribution >= 4 is 33.3 Å². The Hall–Kier alpha value is -2.34. The SMILES string of the molecule is O=C1CCCC2=C1C(c1cc(Br)ccc1F)CC(=O)N2c1ccc(F)cc1. The second-order valence-electron chi connectivity index (χ2n) is 6.77. The molecule has 0 spiro atoms. The zero-order chi connectivity index (χ0) is 19.1. The van der Waals surface area contributed by atoms with Gasteiger partial charge in [0.1, 0.15) is 11.6 Å². The maximum absolute atomic E-state index is 14.5. The summed E-state index contributed by atoms with van der Waals surface area (Å²) < 4.78 is 28.5. The first-order chi connectivity index (χ1) is 13.0. The number of rotatable bonds is 2. The molecule has 1 unspecified atom stereocenters. The van der Waals surface area contributed by atoms with Crippen molar-refractivity contribution in [2.24, 2.45) is 0 Å². The Balaban J connectivity index is 1.88. The lowest BCUT2D eigenvalue weighted by atomic mass is 9.77. The molecule has 2 aromatic rings. The monoisotopic (exact) mass is 431 g/mol. The van der Waals surface area contributed by atoms with Gasteiger partial charge >= 0.3 is 0 Å². The van der Waals surface area contributed by atoms with Gasteiger partial charge in [-0.15, -0.1) is 0 Å². The van der Waals surface area contributed by atoms with E-state index in [1.165, 1.54) is 35.2 Å². The van der Waals surface area contributed by atoms with Crippen molar-refractivity contribution in [2.45, 2.75) is 31.6 Å². The minimum absolute atomic E-state index is 0.00464. The van der Waals surface area contributed by atoms with Gasteiger partial charge in [0.05, 0.1) is 0 Å². The Kier molecular flexibility index (Phi) is 4.68. The van der Waals surface area contributed by atoms with E-state index >= 15 is 0 Å². The molecule has 0 bridgehead atoms. The first-order valence-electron chi connectivity index (χ1n) is 8.75. The van der Waals surface area contributed by atoms with Gasteiger partial charge in [-0.3, -0.25) is 14.5 Å². The van der Waals surface area contributed by atoms with Crippen LogP contribution in [0.1, 0.15) is 37.2 Å². The van der Waals surface area contributed by atoms with Gasteiger partial charge in [-0.05, 0) is 60.9 Å².